The summed E-state index contributed by atoms with van der Waals surface area (Å²) < 4.78 is 0. The number of thioether (sulfide) groups is 1. The van der Waals surface area contributed by atoms with Crippen LogP contribution in [-0.2, 0) is 0 Å². The quantitative estimate of drug-likeness (QED) is 0.634. The smallest absolute Gasteiger partial charge is 0.0785 e. The van der Waals surface area contributed by atoms with E-state index in [-0.39, 0.29) is 0 Å². The predicted molar refractivity (Wildman–Crippen MR) is 63.8 cm³/mol. The normalized spacial score (nSPS) is 14.6. The molecule has 0 aliphatic carbocycles. The molecule has 14 heavy (non-hydrogen) atoms. The average molecular weight is 205 g/mol. The van der Waals surface area contributed by atoms with Gasteiger partial charge >= 0.3 is 0 Å². The van der Waals surface area contributed by atoms with Crippen molar-refractivity contribution >= 4 is 17.4 Å². The van der Waals surface area contributed by atoms with Gasteiger partial charge in [0, 0.05) is 11.9 Å². The Labute approximate surface area is 89.8 Å². The molecule has 0 saturated carbocycles. The number of rotatable bonds is 0. The van der Waals surface area contributed by atoms with Crippen molar-refractivity contribution in [1.82, 2.24) is 0 Å². The van der Waals surface area contributed by atoms with E-state index in [1.165, 1.54) is 26.7 Å². The van der Waals surface area contributed by atoms with Crippen molar-refractivity contribution in [1.29, 1.82) is 0 Å². The standard InChI is InChI=1S/C12H15NS/c1-8(2)12-13(4)10-7-5-6-9(3)11(10)14-12/h5-7H,1-4H3. The number of benzene rings is 1. The summed E-state index contributed by atoms with van der Waals surface area (Å²) in [5.41, 5.74) is 4.09. The summed E-state index contributed by atoms with van der Waals surface area (Å²) in [6.45, 7) is 6.51. The number of anilines is 1. The molecule has 0 N–H and O–H groups in total. The lowest BCUT2D eigenvalue weighted by molar-refractivity contribution is 1.13. The third-order valence-corrected chi connectivity index (χ3v) is 4.09. The van der Waals surface area contributed by atoms with Gasteiger partial charge in [-0.1, -0.05) is 23.9 Å². The second-order valence-corrected chi connectivity index (χ2v) is 4.89. The van der Waals surface area contributed by atoms with Gasteiger partial charge in [-0.3, -0.25) is 0 Å². The first-order chi connectivity index (χ1) is 6.61. The molecule has 0 aromatic heterocycles. The molecule has 0 atom stereocenters. The van der Waals surface area contributed by atoms with E-state index in [1.807, 2.05) is 11.8 Å². The molecule has 0 radical (unpaired) electrons. The van der Waals surface area contributed by atoms with Gasteiger partial charge in [-0.05, 0) is 38.0 Å². The zero-order chi connectivity index (χ0) is 10.3. The monoisotopic (exact) mass is 205 g/mol. The van der Waals surface area contributed by atoms with Gasteiger partial charge in [-0.2, -0.15) is 0 Å². The van der Waals surface area contributed by atoms with Gasteiger partial charge in [0.15, 0.2) is 0 Å². The number of allylic oxidation sites excluding steroid dienone is 1. The van der Waals surface area contributed by atoms with Gasteiger partial charge in [0.1, 0.15) is 0 Å². The minimum atomic E-state index is 1.34. The largest absolute Gasteiger partial charge is 0.338 e. The fourth-order valence-corrected chi connectivity index (χ4v) is 2.92. The maximum atomic E-state index is 2.28. The van der Waals surface area contributed by atoms with Crippen LogP contribution >= 0.6 is 11.8 Å². The van der Waals surface area contributed by atoms with Gasteiger partial charge in [-0.15, -0.1) is 0 Å². The Kier molecular flexibility index (Phi) is 2.31. The van der Waals surface area contributed by atoms with Gasteiger partial charge in [0.2, 0.25) is 0 Å². The van der Waals surface area contributed by atoms with E-state index in [0.29, 0.717) is 0 Å². The van der Waals surface area contributed by atoms with E-state index in [2.05, 4.69) is 50.9 Å². The van der Waals surface area contributed by atoms with Crippen molar-refractivity contribution < 1.29 is 0 Å². The maximum Gasteiger partial charge on any atom is 0.0785 e. The van der Waals surface area contributed by atoms with Crippen molar-refractivity contribution in [3.63, 3.8) is 0 Å². The summed E-state index contributed by atoms with van der Waals surface area (Å²) in [6.07, 6.45) is 0. The van der Waals surface area contributed by atoms with Gasteiger partial charge in [0.05, 0.1) is 10.7 Å². The van der Waals surface area contributed by atoms with Crippen molar-refractivity contribution in [2.75, 3.05) is 11.9 Å². The summed E-state index contributed by atoms with van der Waals surface area (Å²) in [7, 11) is 2.14. The molecule has 0 bridgehead atoms. The number of hydrogen-bond acceptors (Lipinski definition) is 2. The lowest BCUT2D eigenvalue weighted by Crippen LogP contribution is -2.10. The van der Waals surface area contributed by atoms with E-state index in [1.54, 1.807) is 0 Å². The van der Waals surface area contributed by atoms with Crippen LogP contribution in [0.2, 0.25) is 0 Å². The molecule has 0 saturated heterocycles. The summed E-state index contributed by atoms with van der Waals surface area (Å²) >= 11 is 1.88. The van der Waals surface area contributed by atoms with Gasteiger partial charge in [0.25, 0.3) is 0 Å². The van der Waals surface area contributed by atoms with Crippen LogP contribution in [0.4, 0.5) is 5.69 Å². The first-order valence-electron chi connectivity index (χ1n) is 4.80. The molecular formula is C12H15NS. The highest BCUT2D eigenvalue weighted by molar-refractivity contribution is 8.03. The predicted octanol–water partition coefficient (Wildman–Crippen LogP) is 3.79. The molecule has 2 rings (SSSR count). The molecule has 1 aromatic carbocycles. The Balaban J connectivity index is 2.56. The minimum absolute atomic E-state index is 1.34. The zero-order valence-corrected chi connectivity index (χ0v) is 9.90. The van der Waals surface area contributed by atoms with E-state index < -0.39 is 0 Å². The first-order valence-corrected chi connectivity index (χ1v) is 5.61. The molecule has 74 valence electrons. The molecule has 0 unspecified atom stereocenters. The van der Waals surface area contributed by atoms with Crippen molar-refractivity contribution in [3.05, 3.63) is 34.4 Å². The zero-order valence-electron chi connectivity index (χ0n) is 9.09. The average Bonchev–Trinajstić information content (AvgIpc) is 2.46. The van der Waals surface area contributed by atoms with Crippen LogP contribution in [0.3, 0.4) is 0 Å². The molecule has 0 fully saturated rings. The molecule has 1 aliphatic rings. The van der Waals surface area contributed by atoms with E-state index in [9.17, 15) is 0 Å². The molecule has 2 heteroatoms. The molecule has 1 aromatic rings. The van der Waals surface area contributed by atoms with Crippen LogP contribution in [0.15, 0.2) is 33.7 Å². The van der Waals surface area contributed by atoms with E-state index in [0.717, 1.165) is 0 Å². The summed E-state index contributed by atoms with van der Waals surface area (Å²) in [5, 5.41) is 1.37. The molecular weight excluding hydrogens is 190 g/mol. The molecule has 1 heterocycles. The van der Waals surface area contributed by atoms with Crippen LogP contribution in [0.25, 0.3) is 0 Å². The molecule has 0 spiro atoms. The van der Waals surface area contributed by atoms with Crippen molar-refractivity contribution in [2.45, 2.75) is 25.7 Å². The van der Waals surface area contributed by atoms with Gasteiger partial charge < -0.3 is 4.90 Å². The fraction of sp³-hybridized carbons (Fsp3) is 0.333. The molecule has 0 amide bonds. The highest BCUT2D eigenvalue weighted by atomic mass is 32.2. The van der Waals surface area contributed by atoms with E-state index in [4.69, 9.17) is 0 Å². The number of fused-ring (bicyclic) bond motifs is 1. The van der Waals surface area contributed by atoms with Crippen LogP contribution in [0.1, 0.15) is 19.4 Å². The van der Waals surface area contributed by atoms with Crippen molar-refractivity contribution in [2.24, 2.45) is 0 Å². The summed E-state index contributed by atoms with van der Waals surface area (Å²) in [6, 6.07) is 6.48. The number of aryl methyl sites for hydroxylation is 1. The maximum absolute atomic E-state index is 2.28. The van der Waals surface area contributed by atoms with Crippen LogP contribution < -0.4 is 4.90 Å². The molecule has 1 nitrogen and oxygen atoms in total. The van der Waals surface area contributed by atoms with Crippen molar-refractivity contribution in [3.8, 4) is 0 Å². The Hall–Kier alpha value is -0.890. The summed E-state index contributed by atoms with van der Waals surface area (Å²) in [5.74, 6) is 0. The third-order valence-electron chi connectivity index (χ3n) is 2.48. The minimum Gasteiger partial charge on any atom is -0.338 e. The third kappa shape index (κ3) is 1.34. The summed E-state index contributed by atoms with van der Waals surface area (Å²) in [4.78, 5) is 3.69. The Bertz CT molecular complexity index is 403. The Morgan fingerprint density at radius 3 is 2.57 bits per heavy atom. The molecule has 1 aliphatic heterocycles. The van der Waals surface area contributed by atoms with Crippen LogP contribution in [0, 0.1) is 6.92 Å². The SMILES string of the molecule is CC(C)=C1Sc2c(C)cccc2N1C. The number of hydrogen-bond donors (Lipinski definition) is 0. The second kappa shape index (κ2) is 3.35. The lowest BCUT2D eigenvalue weighted by atomic mass is 10.2. The van der Waals surface area contributed by atoms with Gasteiger partial charge in [-0.25, -0.2) is 0 Å². The highest BCUT2D eigenvalue weighted by Gasteiger charge is 2.23. The second-order valence-electron chi connectivity index (χ2n) is 3.89. The lowest BCUT2D eigenvalue weighted by Gasteiger charge is -2.14. The van der Waals surface area contributed by atoms with Crippen LogP contribution in [-0.4, -0.2) is 7.05 Å². The topological polar surface area (TPSA) is 3.24 Å². The first kappa shape index (κ1) is 9.66. The Morgan fingerprint density at radius 1 is 1.29 bits per heavy atom. The van der Waals surface area contributed by atoms with Crippen LogP contribution in [0.5, 0.6) is 0 Å². The van der Waals surface area contributed by atoms with E-state index >= 15 is 0 Å². The Morgan fingerprint density at radius 2 is 2.00 bits per heavy atom. The number of nitrogens with zero attached hydrogens (tertiary/aromatic N) is 1. The highest BCUT2D eigenvalue weighted by Crippen LogP contribution is 2.47. The fourth-order valence-electron chi connectivity index (χ4n) is 1.75.